The monoisotopic (exact) mass is 357 g/mol. The summed E-state index contributed by atoms with van der Waals surface area (Å²) in [5.41, 5.74) is 0.647. The Morgan fingerprint density at radius 3 is 2.75 bits per heavy atom. The van der Waals surface area contributed by atoms with Gasteiger partial charge >= 0.3 is 0 Å². The van der Waals surface area contributed by atoms with Crippen LogP contribution in [0.25, 0.3) is 0 Å². The predicted molar refractivity (Wildman–Crippen MR) is 85.1 cm³/mol. The molecular formula is C15H17BrFNOS. The normalized spacial score (nSPS) is 12.4. The van der Waals surface area contributed by atoms with Gasteiger partial charge in [0.1, 0.15) is 11.6 Å². The van der Waals surface area contributed by atoms with Crippen molar-refractivity contribution in [2.75, 3.05) is 13.7 Å². The first-order valence-electron chi connectivity index (χ1n) is 6.46. The van der Waals surface area contributed by atoms with E-state index in [4.69, 9.17) is 4.74 Å². The van der Waals surface area contributed by atoms with Gasteiger partial charge in [-0.15, -0.1) is 11.3 Å². The lowest BCUT2D eigenvalue weighted by atomic mass is 10.0. The van der Waals surface area contributed by atoms with Crippen LogP contribution in [0.3, 0.4) is 0 Å². The van der Waals surface area contributed by atoms with Crippen molar-refractivity contribution in [1.82, 2.24) is 5.32 Å². The van der Waals surface area contributed by atoms with Gasteiger partial charge in [-0.3, -0.25) is 0 Å². The fourth-order valence-corrected chi connectivity index (χ4v) is 3.54. The second-order valence-corrected chi connectivity index (χ2v) is 6.30. The van der Waals surface area contributed by atoms with Crippen LogP contribution in [-0.2, 0) is 0 Å². The topological polar surface area (TPSA) is 21.3 Å². The SMILES string of the molecule is CCCNC(c1cc(Br)cs1)c1ccc(OC)cc1F. The van der Waals surface area contributed by atoms with Gasteiger partial charge in [0.25, 0.3) is 0 Å². The molecule has 2 rings (SSSR count). The van der Waals surface area contributed by atoms with Gasteiger partial charge in [-0.1, -0.05) is 13.0 Å². The van der Waals surface area contributed by atoms with E-state index in [0.29, 0.717) is 11.3 Å². The minimum atomic E-state index is -0.248. The lowest BCUT2D eigenvalue weighted by Gasteiger charge is -2.18. The predicted octanol–water partition coefficient (Wildman–Crippen LogP) is 4.75. The number of nitrogens with one attached hydrogen (secondary N) is 1. The molecule has 5 heteroatoms. The van der Waals surface area contributed by atoms with Gasteiger partial charge in [0.05, 0.1) is 13.2 Å². The number of methoxy groups -OCH3 is 1. The fraction of sp³-hybridized carbons (Fsp3) is 0.333. The van der Waals surface area contributed by atoms with E-state index < -0.39 is 0 Å². The van der Waals surface area contributed by atoms with Crippen LogP contribution < -0.4 is 10.1 Å². The summed E-state index contributed by atoms with van der Waals surface area (Å²) in [6.45, 7) is 2.93. The molecule has 1 aromatic carbocycles. The standard InChI is InChI=1S/C15H17BrFNOS/c1-3-6-18-15(14-7-10(16)9-20-14)12-5-4-11(19-2)8-13(12)17/h4-5,7-9,15,18H,3,6H2,1-2H3. The van der Waals surface area contributed by atoms with Crippen molar-refractivity contribution in [3.8, 4) is 5.75 Å². The van der Waals surface area contributed by atoms with Gasteiger partial charge in [0.15, 0.2) is 0 Å². The van der Waals surface area contributed by atoms with Crippen molar-refractivity contribution >= 4 is 27.3 Å². The number of hydrogen-bond acceptors (Lipinski definition) is 3. The Kier molecular flexibility index (Phi) is 5.57. The maximum absolute atomic E-state index is 14.3. The summed E-state index contributed by atoms with van der Waals surface area (Å²) in [4.78, 5) is 1.09. The highest BCUT2D eigenvalue weighted by molar-refractivity contribution is 9.10. The number of hydrogen-bond donors (Lipinski definition) is 1. The number of benzene rings is 1. The maximum Gasteiger partial charge on any atom is 0.132 e. The van der Waals surface area contributed by atoms with Gasteiger partial charge in [-0.05, 0) is 41.0 Å². The van der Waals surface area contributed by atoms with E-state index in [9.17, 15) is 4.39 Å². The smallest absolute Gasteiger partial charge is 0.132 e. The second kappa shape index (κ2) is 7.20. The summed E-state index contributed by atoms with van der Waals surface area (Å²) in [5.74, 6) is 0.287. The Labute approximate surface area is 131 Å². The second-order valence-electron chi connectivity index (χ2n) is 4.44. The molecule has 2 nitrogen and oxygen atoms in total. The average Bonchev–Trinajstić information content (AvgIpc) is 2.87. The summed E-state index contributed by atoms with van der Waals surface area (Å²) >= 11 is 5.07. The third-order valence-electron chi connectivity index (χ3n) is 2.99. The van der Waals surface area contributed by atoms with Crippen LogP contribution >= 0.6 is 27.3 Å². The van der Waals surface area contributed by atoms with E-state index in [-0.39, 0.29) is 11.9 Å². The Bertz CT molecular complexity index is 573. The van der Waals surface area contributed by atoms with Crippen molar-refractivity contribution in [3.05, 3.63) is 50.4 Å². The maximum atomic E-state index is 14.3. The van der Waals surface area contributed by atoms with E-state index in [1.165, 1.54) is 13.2 Å². The summed E-state index contributed by atoms with van der Waals surface area (Å²) < 4.78 is 20.4. The van der Waals surface area contributed by atoms with Crippen LogP contribution in [0.15, 0.2) is 34.1 Å². The Hall–Kier alpha value is -0.910. The van der Waals surface area contributed by atoms with Crippen LogP contribution in [0.4, 0.5) is 4.39 Å². The number of ether oxygens (including phenoxy) is 1. The Balaban J connectivity index is 2.35. The molecule has 1 unspecified atom stereocenters. The van der Waals surface area contributed by atoms with Crippen LogP contribution in [0, 0.1) is 5.82 Å². The van der Waals surface area contributed by atoms with Crippen molar-refractivity contribution in [2.24, 2.45) is 0 Å². The van der Waals surface area contributed by atoms with Crippen LogP contribution in [-0.4, -0.2) is 13.7 Å². The van der Waals surface area contributed by atoms with E-state index in [1.807, 2.05) is 11.4 Å². The third kappa shape index (κ3) is 3.59. The van der Waals surface area contributed by atoms with E-state index in [0.717, 1.165) is 22.3 Å². The molecule has 1 N–H and O–H groups in total. The van der Waals surface area contributed by atoms with Gasteiger partial charge in [0, 0.05) is 26.4 Å². The molecule has 1 atom stereocenters. The zero-order chi connectivity index (χ0) is 14.5. The fourth-order valence-electron chi connectivity index (χ4n) is 2.00. The van der Waals surface area contributed by atoms with Crippen LogP contribution in [0.2, 0.25) is 0 Å². The highest BCUT2D eigenvalue weighted by Crippen LogP contribution is 2.32. The summed E-state index contributed by atoms with van der Waals surface area (Å²) in [5, 5.41) is 5.41. The van der Waals surface area contributed by atoms with Gasteiger partial charge in [-0.25, -0.2) is 4.39 Å². The molecule has 0 aliphatic heterocycles. The van der Waals surface area contributed by atoms with Gasteiger partial charge in [0.2, 0.25) is 0 Å². The first-order chi connectivity index (χ1) is 9.65. The van der Waals surface area contributed by atoms with Crippen molar-refractivity contribution in [2.45, 2.75) is 19.4 Å². The molecule has 20 heavy (non-hydrogen) atoms. The molecule has 0 aliphatic carbocycles. The molecule has 0 amide bonds. The molecule has 0 bridgehead atoms. The van der Waals surface area contributed by atoms with Crippen molar-refractivity contribution in [1.29, 1.82) is 0 Å². The minimum absolute atomic E-state index is 0.128. The highest BCUT2D eigenvalue weighted by Gasteiger charge is 2.19. The first kappa shape index (κ1) is 15.5. The zero-order valence-electron chi connectivity index (χ0n) is 11.5. The lowest BCUT2D eigenvalue weighted by Crippen LogP contribution is -2.23. The van der Waals surface area contributed by atoms with Crippen molar-refractivity contribution < 1.29 is 9.13 Å². The van der Waals surface area contributed by atoms with Gasteiger partial charge < -0.3 is 10.1 Å². The lowest BCUT2D eigenvalue weighted by molar-refractivity contribution is 0.410. The highest BCUT2D eigenvalue weighted by atomic mass is 79.9. The molecule has 0 spiro atoms. The first-order valence-corrected chi connectivity index (χ1v) is 8.13. The molecule has 1 heterocycles. The van der Waals surface area contributed by atoms with E-state index >= 15 is 0 Å². The van der Waals surface area contributed by atoms with Crippen LogP contribution in [0.1, 0.15) is 29.8 Å². The van der Waals surface area contributed by atoms with Crippen molar-refractivity contribution in [3.63, 3.8) is 0 Å². The number of halogens is 2. The summed E-state index contributed by atoms with van der Waals surface area (Å²) in [7, 11) is 1.54. The minimum Gasteiger partial charge on any atom is -0.497 e. The Morgan fingerprint density at radius 2 is 2.20 bits per heavy atom. The Morgan fingerprint density at radius 1 is 1.40 bits per heavy atom. The van der Waals surface area contributed by atoms with E-state index in [1.54, 1.807) is 23.5 Å². The third-order valence-corrected chi connectivity index (χ3v) is 4.75. The molecule has 2 aromatic rings. The number of thiophene rings is 1. The van der Waals surface area contributed by atoms with Gasteiger partial charge in [-0.2, -0.15) is 0 Å². The number of rotatable bonds is 6. The quantitative estimate of drug-likeness (QED) is 0.805. The summed E-state index contributed by atoms with van der Waals surface area (Å²) in [6.07, 6.45) is 1.00. The molecule has 0 fully saturated rings. The molecule has 1 aromatic heterocycles. The molecule has 108 valence electrons. The molecular weight excluding hydrogens is 341 g/mol. The molecule has 0 saturated carbocycles. The van der Waals surface area contributed by atoms with Crippen LogP contribution in [0.5, 0.6) is 5.75 Å². The largest absolute Gasteiger partial charge is 0.497 e. The summed E-state index contributed by atoms with van der Waals surface area (Å²) in [6, 6.07) is 6.91. The molecule has 0 aliphatic rings. The van der Waals surface area contributed by atoms with E-state index in [2.05, 4.69) is 28.2 Å². The molecule has 0 saturated heterocycles. The molecule has 0 radical (unpaired) electrons. The average molecular weight is 358 g/mol. The zero-order valence-corrected chi connectivity index (χ0v) is 13.9.